The molecule has 0 atom stereocenters. The Balaban J connectivity index is 0.000000118. The first-order valence-corrected chi connectivity index (χ1v) is 40.1. The van der Waals surface area contributed by atoms with Gasteiger partial charge in [-0.2, -0.15) is 10.5 Å². The zero-order chi connectivity index (χ0) is 80.6. The minimum absolute atomic E-state index is 0.140. The van der Waals surface area contributed by atoms with E-state index in [1.807, 2.05) is 164 Å². The summed E-state index contributed by atoms with van der Waals surface area (Å²) in [5.41, 5.74) is 18.4. The number of benzene rings is 5. The highest BCUT2D eigenvalue weighted by Gasteiger charge is 2.53. The fourth-order valence-corrected chi connectivity index (χ4v) is 16.3. The maximum absolute atomic E-state index is 13.2. The number of carbonyl (C=O) groups excluding carboxylic acids is 5. The molecule has 0 spiro atoms. The maximum atomic E-state index is 13.2. The van der Waals surface area contributed by atoms with Crippen molar-refractivity contribution in [3.8, 4) is 12.1 Å². The summed E-state index contributed by atoms with van der Waals surface area (Å²) >= 11 is 14.9. The highest BCUT2D eigenvalue weighted by atomic mass is 79.9. The van der Waals surface area contributed by atoms with Gasteiger partial charge in [0.05, 0.1) is 66.7 Å². The molecular weight excluding hydrogens is 1580 g/mol. The molecule has 0 radical (unpaired) electrons. The van der Waals surface area contributed by atoms with Crippen LogP contribution in [0.4, 0.5) is 41.7 Å². The number of esters is 1. The van der Waals surface area contributed by atoms with E-state index in [4.69, 9.17) is 74.9 Å². The molecule has 0 saturated heterocycles. The number of rotatable bonds is 15. The largest absolute Gasteiger partial charge is 0.461 e. The lowest BCUT2D eigenvalue weighted by Crippen LogP contribution is -2.52. The van der Waals surface area contributed by atoms with Crippen LogP contribution in [0.3, 0.4) is 0 Å². The number of nitrogens with zero attached hydrogens (tertiary/aromatic N) is 11. The standard InChI is InChI=1S/C27H24FN3O3.C20H21N3O2.C19H17ClN2O2.C18H15N3O2.C6H2BrClN2/c28-20-8-6-18(7-9-20)25(32)30-27(12-13-27)23-11-10-22-24(29-23)19-14-21(15-19)31(22)26(33)34-16-17-4-2-1-3-5-17;21-20(8-9-20)17-7-6-16-18(22-17)14-10-15(11-14)23(16)19(24)25-12-13-4-2-1-3-5-13;20-17-7-6-16(11-21)22-19(17)15-8-14(9-15)10-18(23)24-12-13-4-2-1-3-5-13;1-19-16-8-7-15-17(20-16)13-9-14(10-13)21(15)18(22)23-11-12-5-3-2-4-6-12;7-6-5(8)2-1-4(3-9)10-6/h1-11,19,21H,12-16H2,(H,30,32);1-7,14-15H,8-12,21H2;1-7,14-15H,8-10,12H2;2-8,13-14H,9-11H2;1-2H. The van der Waals surface area contributed by atoms with Gasteiger partial charge >= 0.3 is 24.2 Å². The fourth-order valence-electron chi connectivity index (χ4n) is 15.6. The Kier molecular flexibility index (Phi) is 23.9. The molecule has 6 aliphatic carbocycles. The van der Waals surface area contributed by atoms with Crippen LogP contribution in [0.1, 0.15) is 185 Å². The number of amides is 4. The third-order valence-corrected chi connectivity index (χ3v) is 24.1. The Morgan fingerprint density at radius 3 is 1.33 bits per heavy atom. The SMILES string of the molecule is N#Cc1ccc(Cl)c(Br)n1.N#Cc1ccc(Cl)c(C2CC(CC(=O)OCc3ccccc3)C2)n1.NC1(c2ccc3c(n2)C2CC(C2)N3C(=O)OCc2ccccc2)CC1.O=C(NC1(c2ccc3c(n2)C2CC(C2)N3C(=O)OCc2ccccc2)CC1)c1ccc(F)cc1.[C-]#[N+]c1ccc2c(n1)C1CC(C1)N2C(=O)OCc1ccccc1. The summed E-state index contributed by atoms with van der Waals surface area (Å²) in [6.07, 6.45) is 10.2. The van der Waals surface area contributed by atoms with Gasteiger partial charge in [-0.3, -0.25) is 34.3 Å². The number of nitrogens with two attached hydrogens (primary N) is 1. The van der Waals surface area contributed by atoms with E-state index in [-0.39, 0.29) is 78.8 Å². The molecule has 0 unspecified atom stereocenters. The van der Waals surface area contributed by atoms with E-state index in [1.54, 1.807) is 45.0 Å². The number of nitrogens with one attached hydrogen (secondary N) is 1. The Hall–Kier alpha value is -12.0. The predicted octanol–water partition coefficient (Wildman–Crippen LogP) is 19.1. The summed E-state index contributed by atoms with van der Waals surface area (Å²) in [6.45, 7) is 8.18. The van der Waals surface area contributed by atoms with Crippen LogP contribution < -0.4 is 25.8 Å². The van der Waals surface area contributed by atoms with E-state index in [0.29, 0.717) is 80.7 Å². The highest BCUT2D eigenvalue weighted by Crippen LogP contribution is 2.55. The van der Waals surface area contributed by atoms with Gasteiger partial charge in [-0.05, 0) is 206 Å². The summed E-state index contributed by atoms with van der Waals surface area (Å²) in [7, 11) is 0. The summed E-state index contributed by atoms with van der Waals surface area (Å²) < 4.78 is 35.7. The van der Waals surface area contributed by atoms with Crippen LogP contribution in [0.2, 0.25) is 10.0 Å². The van der Waals surface area contributed by atoms with Crippen molar-refractivity contribution in [3.63, 3.8) is 0 Å². The fraction of sp³-hybridized carbons (Fsp3) is 0.300. The number of nitriles is 2. The molecule has 5 aromatic heterocycles. The molecule has 11 heterocycles. The number of hydrogen-bond acceptors (Lipinski definition) is 17. The van der Waals surface area contributed by atoms with E-state index < -0.39 is 5.54 Å². The summed E-state index contributed by atoms with van der Waals surface area (Å²) in [6, 6.07) is 66.5. The van der Waals surface area contributed by atoms with Gasteiger partial charge in [-0.1, -0.05) is 151 Å². The molecule has 586 valence electrons. The minimum atomic E-state index is -0.514. The molecule has 4 amide bonds. The van der Waals surface area contributed by atoms with Gasteiger partial charge in [-0.25, -0.2) is 28.7 Å². The zero-order valence-electron chi connectivity index (χ0n) is 63.0. The molecule has 12 aliphatic rings. The number of carbonyl (C=O) groups is 5. The van der Waals surface area contributed by atoms with Crippen molar-refractivity contribution in [2.24, 2.45) is 11.7 Å². The topological polar surface area (TPSA) is 286 Å². The third-order valence-electron chi connectivity index (χ3n) is 22.6. The number of halogens is 4. The second-order valence-electron chi connectivity index (χ2n) is 30.4. The van der Waals surface area contributed by atoms with Crippen molar-refractivity contribution < 1.29 is 47.3 Å². The number of ether oxygens (including phenoxy) is 4. The van der Waals surface area contributed by atoms with Gasteiger partial charge in [-0.15, -0.1) is 4.98 Å². The lowest BCUT2D eigenvalue weighted by atomic mass is 9.71. The van der Waals surface area contributed by atoms with Gasteiger partial charge < -0.3 is 34.8 Å². The molecule has 22 rings (SSSR count). The van der Waals surface area contributed by atoms with Gasteiger partial charge in [0.15, 0.2) is 5.69 Å². The summed E-state index contributed by atoms with van der Waals surface area (Å²) in [5.74, 6) is 1.25. The van der Waals surface area contributed by atoms with Crippen LogP contribution in [0.15, 0.2) is 211 Å². The van der Waals surface area contributed by atoms with Crippen molar-refractivity contribution in [1.82, 2.24) is 30.2 Å². The average Bonchev–Trinajstić information content (AvgIpc) is 1.14. The smallest absolute Gasteiger partial charge is 0.415 e. The normalized spacial score (nSPS) is 20.4. The molecule has 10 aromatic rings. The van der Waals surface area contributed by atoms with Crippen molar-refractivity contribution in [2.75, 3.05) is 14.7 Å². The second-order valence-corrected chi connectivity index (χ2v) is 32.0. The summed E-state index contributed by atoms with van der Waals surface area (Å²) in [5, 5.41) is 21.5. The van der Waals surface area contributed by atoms with E-state index >= 15 is 0 Å². The van der Waals surface area contributed by atoms with Crippen LogP contribution in [0.25, 0.3) is 4.85 Å². The molecule has 22 nitrogen and oxygen atoms in total. The van der Waals surface area contributed by atoms with Gasteiger partial charge in [0.2, 0.25) is 0 Å². The average molecular weight is 1660 g/mol. The van der Waals surface area contributed by atoms with Crippen molar-refractivity contribution >= 4 is 92.2 Å². The molecular formula is C90H79BrCl2FN13O9. The number of anilines is 3. The molecule has 6 fully saturated rings. The Bertz CT molecular complexity index is 5440. The first-order valence-electron chi connectivity index (χ1n) is 38.6. The van der Waals surface area contributed by atoms with E-state index in [9.17, 15) is 28.4 Å². The maximum Gasteiger partial charge on any atom is 0.415 e. The highest BCUT2D eigenvalue weighted by molar-refractivity contribution is 9.10. The molecule has 116 heavy (non-hydrogen) atoms. The second kappa shape index (κ2) is 35.0. The first-order chi connectivity index (χ1) is 56.3. The lowest BCUT2D eigenvalue weighted by molar-refractivity contribution is -0.146. The molecule has 26 heteroatoms. The van der Waals surface area contributed by atoms with E-state index in [2.05, 4.69) is 41.0 Å². The quantitative estimate of drug-likeness (QED) is 0.0417. The van der Waals surface area contributed by atoms with Crippen LogP contribution in [-0.2, 0) is 61.2 Å². The van der Waals surface area contributed by atoms with Crippen molar-refractivity contribution in [3.05, 3.63) is 312 Å². The van der Waals surface area contributed by atoms with E-state index in [1.165, 1.54) is 24.3 Å². The van der Waals surface area contributed by atoms with Gasteiger partial charge in [0, 0.05) is 53.8 Å². The Morgan fingerprint density at radius 1 is 0.491 bits per heavy atom. The van der Waals surface area contributed by atoms with Crippen LogP contribution in [0, 0.1) is 41.0 Å². The minimum Gasteiger partial charge on any atom is -0.461 e. The molecule has 6 bridgehead atoms. The molecule has 3 N–H and O–H groups in total. The van der Waals surface area contributed by atoms with Crippen LogP contribution in [-0.4, -0.2) is 73.2 Å². The molecule has 6 saturated carbocycles. The molecule has 5 aromatic carbocycles. The third kappa shape index (κ3) is 18.1. The van der Waals surface area contributed by atoms with E-state index in [0.717, 1.165) is 151 Å². The predicted molar refractivity (Wildman–Crippen MR) is 435 cm³/mol. The van der Waals surface area contributed by atoms with Crippen molar-refractivity contribution in [2.45, 2.75) is 163 Å². The summed E-state index contributed by atoms with van der Waals surface area (Å²) in [4.78, 5) is 93.8. The Labute approximate surface area is 688 Å². The molecule has 6 aliphatic heterocycles. The lowest BCUT2D eigenvalue weighted by Gasteiger charge is -2.48. The zero-order valence-corrected chi connectivity index (χ0v) is 66.1. The number of pyridine rings is 5. The monoisotopic (exact) mass is 1650 g/mol. The van der Waals surface area contributed by atoms with Gasteiger partial charge in [0.1, 0.15) is 60.4 Å². The van der Waals surface area contributed by atoms with Crippen LogP contribution >= 0.6 is 39.1 Å². The number of hydrogen-bond donors (Lipinski definition) is 2. The first kappa shape index (κ1) is 79.3. The van der Waals surface area contributed by atoms with Crippen LogP contribution in [0.5, 0.6) is 0 Å². The van der Waals surface area contributed by atoms with Crippen molar-refractivity contribution in [1.29, 1.82) is 10.5 Å². The van der Waals surface area contributed by atoms with Gasteiger partial charge in [0.25, 0.3) is 11.7 Å². The number of aromatic nitrogens is 5. The Morgan fingerprint density at radius 2 is 0.897 bits per heavy atom.